The summed E-state index contributed by atoms with van der Waals surface area (Å²) in [6.45, 7) is 0. The number of carbonyl (C=O) groups excluding carboxylic acids is 1. The van der Waals surface area contributed by atoms with Crippen LogP contribution in [0, 0.1) is 11.3 Å². The summed E-state index contributed by atoms with van der Waals surface area (Å²) < 4.78 is 17.2. The van der Waals surface area contributed by atoms with Crippen LogP contribution in [0.15, 0.2) is 23.3 Å². The molecule has 2 aromatic rings. The third kappa shape index (κ3) is 3.87. The number of ether oxygens (including phenoxy) is 3. The van der Waals surface area contributed by atoms with E-state index in [1.165, 1.54) is 38.3 Å². The third-order valence-electron chi connectivity index (χ3n) is 4.91. The molecule has 0 aliphatic heterocycles. The minimum Gasteiger partial charge on any atom is -0.496 e. The summed E-state index contributed by atoms with van der Waals surface area (Å²) >= 11 is 0. The van der Waals surface area contributed by atoms with Gasteiger partial charge in [-0.3, -0.25) is 9.79 Å². The van der Waals surface area contributed by atoms with Crippen LogP contribution in [-0.4, -0.2) is 48.8 Å². The Morgan fingerprint density at radius 2 is 1.79 bits per heavy atom. The molecule has 1 aliphatic rings. The van der Waals surface area contributed by atoms with Crippen LogP contribution in [0.5, 0.6) is 17.2 Å². The number of ketones is 1. The molecule has 1 heterocycles. The van der Waals surface area contributed by atoms with Gasteiger partial charge in [-0.1, -0.05) is 12.8 Å². The first-order valence-corrected chi connectivity index (χ1v) is 9.20. The molecular formula is C20H23N5O4. The van der Waals surface area contributed by atoms with Crippen molar-refractivity contribution in [1.29, 1.82) is 5.26 Å². The summed E-state index contributed by atoms with van der Waals surface area (Å²) in [5, 5.41) is 13.3. The predicted molar refractivity (Wildman–Crippen MR) is 107 cm³/mol. The number of Topliss-reactive ketones (excluding diaryl/α,β-unsaturated/α-hetero) is 1. The van der Waals surface area contributed by atoms with Crippen molar-refractivity contribution in [3.63, 3.8) is 0 Å². The quantitative estimate of drug-likeness (QED) is 0.451. The lowest BCUT2D eigenvalue weighted by atomic mass is 10.1. The Hall–Kier alpha value is -3.54. The van der Waals surface area contributed by atoms with Crippen LogP contribution in [0.1, 0.15) is 41.6 Å². The molecule has 1 aliphatic carbocycles. The highest BCUT2D eigenvalue weighted by molar-refractivity contribution is 6.46. The lowest BCUT2D eigenvalue weighted by Crippen LogP contribution is -2.28. The van der Waals surface area contributed by atoms with Crippen molar-refractivity contribution in [3.05, 3.63) is 29.5 Å². The molecule has 1 saturated carbocycles. The van der Waals surface area contributed by atoms with Gasteiger partial charge in [0, 0.05) is 6.07 Å². The average molecular weight is 397 g/mol. The Morgan fingerprint density at radius 3 is 2.34 bits per heavy atom. The monoisotopic (exact) mass is 397 g/mol. The van der Waals surface area contributed by atoms with Crippen LogP contribution in [-0.2, 0) is 0 Å². The van der Waals surface area contributed by atoms with Crippen molar-refractivity contribution in [3.8, 4) is 23.3 Å². The fourth-order valence-electron chi connectivity index (χ4n) is 3.36. The number of hydrogen-bond donors (Lipinski definition) is 1. The van der Waals surface area contributed by atoms with Gasteiger partial charge < -0.3 is 19.9 Å². The van der Waals surface area contributed by atoms with E-state index in [9.17, 15) is 10.1 Å². The van der Waals surface area contributed by atoms with Crippen LogP contribution in [0.4, 0.5) is 5.82 Å². The van der Waals surface area contributed by atoms with E-state index >= 15 is 0 Å². The average Bonchev–Trinajstić information content (AvgIpc) is 3.39. The van der Waals surface area contributed by atoms with E-state index in [-0.39, 0.29) is 28.8 Å². The summed E-state index contributed by atoms with van der Waals surface area (Å²) in [6, 6.07) is 5.07. The number of benzene rings is 1. The number of rotatable bonds is 6. The van der Waals surface area contributed by atoms with Gasteiger partial charge in [-0.15, -0.1) is 0 Å². The van der Waals surface area contributed by atoms with Crippen molar-refractivity contribution in [2.75, 3.05) is 27.1 Å². The van der Waals surface area contributed by atoms with E-state index in [4.69, 9.17) is 19.9 Å². The standard InChI is InChI=1S/C20H23N5O4/c1-27-15-9-17(29-3)16(28-2)8-14(15)18(26)20(24-13-6-4-5-7-13)25-19(22)12(10-21)11-23-25/h8-9,11,13H,4-7,22H2,1-3H3/b24-20-. The summed E-state index contributed by atoms with van der Waals surface area (Å²) in [6.07, 6.45) is 5.18. The number of anilines is 1. The maximum atomic E-state index is 13.5. The normalized spacial score (nSPS) is 14.5. The minimum atomic E-state index is -0.436. The summed E-state index contributed by atoms with van der Waals surface area (Å²) in [4.78, 5) is 18.2. The number of carbonyl (C=O) groups is 1. The first-order chi connectivity index (χ1) is 14.0. The fourth-order valence-corrected chi connectivity index (χ4v) is 3.36. The Morgan fingerprint density at radius 1 is 1.17 bits per heavy atom. The third-order valence-corrected chi connectivity index (χ3v) is 4.91. The number of nitrogen functional groups attached to an aromatic ring is 1. The molecule has 29 heavy (non-hydrogen) atoms. The summed E-state index contributed by atoms with van der Waals surface area (Å²) in [5.41, 5.74) is 6.45. The Bertz CT molecular complexity index is 983. The number of hydrogen-bond acceptors (Lipinski definition) is 8. The van der Waals surface area contributed by atoms with Gasteiger partial charge in [0.25, 0.3) is 0 Å². The highest BCUT2D eigenvalue weighted by Crippen LogP contribution is 2.35. The topological polar surface area (TPSA) is 125 Å². The lowest BCUT2D eigenvalue weighted by molar-refractivity contribution is 0.105. The lowest BCUT2D eigenvalue weighted by Gasteiger charge is -2.15. The van der Waals surface area contributed by atoms with E-state index in [0.717, 1.165) is 25.7 Å². The first-order valence-electron chi connectivity index (χ1n) is 9.20. The van der Waals surface area contributed by atoms with E-state index in [1.54, 1.807) is 6.07 Å². The number of nitrogens with two attached hydrogens (primary N) is 1. The highest BCUT2D eigenvalue weighted by Gasteiger charge is 2.27. The van der Waals surface area contributed by atoms with Gasteiger partial charge in [-0.05, 0) is 18.9 Å². The summed E-state index contributed by atoms with van der Waals surface area (Å²) in [5.74, 6) is 0.786. The molecule has 3 rings (SSSR count). The van der Waals surface area contributed by atoms with Crippen LogP contribution >= 0.6 is 0 Å². The zero-order valence-corrected chi connectivity index (χ0v) is 16.6. The van der Waals surface area contributed by atoms with E-state index in [1.807, 2.05) is 6.07 Å². The minimum absolute atomic E-state index is 0.00535. The molecule has 2 N–H and O–H groups in total. The Kier molecular flexibility index (Phi) is 6.02. The fraction of sp³-hybridized carbons (Fsp3) is 0.400. The van der Waals surface area contributed by atoms with E-state index < -0.39 is 5.78 Å². The molecule has 0 spiro atoms. The number of methoxy groups -OCH3 is 3. The van der Waals surface area contributed by atoms with Gasteiger partial charge in [0.05, 0.1) is 39.1 Å². The van der Waals surface area contributed by atoms with Crippen LogP contribution < -0.4 is 19.9 Å². The molecule has 9 nitrogen and oxygen atoms in total. The molecule has 1 aromatic heterocycles. The molecule has 1 aromatic carbocycles. The van der Waals surface area contributed by atoms with Crippen molar-refractivity contribution >= 4 is 17.4 Å². The van der Waals surface area contributed by atoms with Crippen LogP contribution in [0.2, 0.25) is 0 Å². The van der Waals surface area contributed by atoms with Crippen LogP contribution in [0.3, 0.4) is 0 Å². The van der Waals surface area contributed by atoms with Gasteiger partial charge in [0.15, 0.2) is 17.3 Å². The molecule has 0 bridgehead atoms. The Labute approximate surface area is 168 Å². The number of aliphatic imine (C=N–C) groups is 1. The zero-order valence-electron chi connectivity index (χ0n) is 16.6. The second kappa shape index (κ2) is 8.65. The molecule has 0 atom stereocenters. The van der Waals surface area contributed by atoms with Crippen molar-refractivity contribution in [2.24, 2.45) is 4.99 Å². The first kappa shape index (κ1) is 20.2. The number of nitrogens with zero attached hydrogens (tertiary/aromatic N) is 4. The smallest absolute Gasteiger partial charge is 0.233 e. The SMILES string of the molecule is COc1cc(OC)c(C(=O)/C(=N/C2CCCC2)n2ncc(C#N)c2N)cc1OC. The maximum absolute atomic E-state index is 13.5. The van der Waals surface area contributed by atoms with E-state index in [2.05, 4.69) is 10.1 Å². The second-order valence-corrected chi connectivity index (χ2v) is 6.59. The van der Waals surface area contributed by atoms with E-state index in [0.29, 0.717) is 17.2 Å². The molecular weight excluding hydrogens is 374 g/mol. The van der Waals surface area contributed by atoms with Crippen molar-refractivity contribution < 1.29 is 19.0 Å². The van der Waals surface area contributed by atoms with Gasteiger partial charge in [0.1, 0.15) is 23.2 Å². The van der Waals surface area contributed by atoms with Crippen molar-refractivity contribution in [2.45, 2.75) is 31.7 Å². The zero-order chi connectivity index (χ0) is 21.0. The van der Waals surface area contributed by atoms with Crippen LogP contribution in [0.25, 0.3) is 0 Å². The maximum Gasteiger partial charge on any atom is 0.233 e. The number of nitriles is 1. The molecule has 152 valence electrons. The molecule has 0 radical (unpaired) electrons. The van der Waals surface area contributed by atoms with Crippen molar-refractivity contribution in [1.82, 2.24) is 9.78 Å². The van der Waals surface area contributed by atoms with Gasteiger partial charge in [0.2, 0.25) is 5.78 Å². The number of aromatic nitrogens is 2. The molecule has 9 heteroatoms. The van der Waals surface area contributed by atoms with Gasteiger partial charge >= 0.3 is 0 Å². The highest BCUT2D eigenvalue weighted by atomic mass is 16.5. The van der Waals surface area contributed by atoms with Gasteiger partial charge in [-0.25, -0.2) is 0 Å². The molecule has 0 saturated heterocycles. The molecule has 0 unspecified atom stereocenters. The summed E-state index contributed by atoms with van der Waals surface area (Å²) in [7, 11) is 4.44. The van der Waals surface area contributed by atoms with Gasteiger partial charge in [-0.2, -0.15) is 15.0 Å². The molecule has 0 amide bonds. The largest absolute Gasteiger partial charge is 0.496 e. The predicted octanol–water partition coefficient (Wildman–Crippen LogP) is 2.43. The Balaban J connectivity index is 2.14. The molecule has 1 fully saturated rings. The second-order valence-electron chi connectivity index (χ2n) is 6.59.